The number of rotatable bonds is 4. The molecule has 0 radical (unpaired) electrons. The minimum Gasteiger partial charge on any atom is -0.388 e. The van der Waals surface area contributed by atoms with Crippen molar-refractivity contribution in [2.45, 2.75) is 32.3 Å². The van der Waals surface area contributed by atoms with Crippen LogP contribution in [0, 0.1) is 0 Å². The van der Waals surface area contributed by atoms with Gasteiger partial charge in [-0.1, -0.05) is 13.0 Å². The Balaban J connectivity index is 2.01. The molecule has 18 heavy (non-hydrogen) atoms. The Morgan fingerprint density at radius 1 is 1.56 bits per heavy atom. The molecule has 4 heteroatoms. The third-order valence-electron chi connectivity index (χ3n) is 3.47. The first kappa shape index (κ1) is 12.9. The van der Waals surface area contributed by atoms with E-state index < -0.39 is 5.60 Å². The first-order chi connectivity index (χ1) is 8.52. The molecule has 1 aromatic carbocycles. The molecule has 2 rings (SSSR count). The van der Waals surface area contributed by atoms with E-state index in [1.54, 1.807) is 6.92 Å². The van der Waals surface area contributed by atoms with Gasteiger partial charge in [-0.25, -0.2) is 0 Å². The minimum absolute atomic E-state index is 0.139. The molecule has 0 spiro atoms. The lowest BCUT2D eigenvalue weighted by molar-refractivity contribution is 0.0518. The van der Waals surface area contributed by atoms with Crippen molar-refractivity contribution in [1.82, 2.24) is 5.32 Å². The Morgan fingerprint density at radius 3 is 3.06 bits per heavy atom. The van der Waals surface area contributed by atoms with Gasteiger partial charge in [-0.05, 0) is 37.5 Å². The van der Waals surface area contributed by atoms with Gasteiger partial charge in [-0.2, -0.15) is 0 Å². The third-order valence-corrected chi connectivity index (χ3v) is 3.47. The summed E-state index contributed by atoms with van der Waals surface area (Å²) in [6, 6.07) is 5.70. The van der Waals surface area contributed by atoms with E-state index in [4.69, 9.17) is 0 Å². The maximum absolute atomic E-state index is 12.0. The van der Waals surface area contributed by atoms with E-state index in [1.807, 2.05) is 25.1 Å². The van der Waals surface area contributed by atoms with Crippen molar-refractivity contribution in [3.63, 3.8) is 0 Å². The number of carbonyl (C=O) groups excluding carboxylic acids is 1. The van der Waals surface area contributed by atoms with Crippen molar-refractivity contribution in [2.24, 2.45) is 0 Å². The molecule has 1 unspecified atom stereocenters. The molecule has 98 valence electrons. The molecule has 1 atom stereocenters. The van der Waals surface area contributed by atoms with Gasteiger partial charge < -0.3 is 15.7 Å². The van der Waals surface area contributed by atoms with Crippen molar-refractivity contribution < 1.29 is 9.90 Å². The number of hydrogen-bond acceptors (Lipinski definition) is 3. The second-order valence-corrected chi connectivity index (χ2v) is 5.08. The average molecular weight is 248 g/mol. The largest absolute Gasteiger partial charge is 0.388 e. The van der Waals surface area contributed by atoms with Crippen LogP contribution in [0.5, 0.6) is 0 Å². The molecule has 0 bridgehead atoms. The quantitative estimate of drug-likeness (QED) is 0.757. The number of carbonyl (C=O) groups is 1. The van der Waals surface area contributed by atoms with E-state index in [0.717, 1.165) is 18.7 Å². The lowest BCUT2D eigenvalue weighted by Crippen LogP contribution is -2.40. The molecule has 1 aliphatic heterocycles. The van der Waals surface area contributed by atoms with Crippen molar-refractivity contribution in [3.8, 4) is 0 Å². The molecule has 0 fully saturated rings. The van der Waals surface area contributed by atoms with Crippen molar-refractivity contribution in [1.29, 1.82) is 0 Å². The van der Waals surface area contributed by atoms with Crippen LogP contribution in [0.2, 0.25) is 0 Å². The number of nitrogens with one attached hydrogen (secondary N) is 2. The highest BCUT2D eigenvalue weighted by molar-refractivity contribution is 5.95. The van der Waals surface area contributed by atoms with Gasteiger partial charge >= 0.3 is 0 Å². The fourth-order valence-electron chi connectivity index (χ4n) is 1.93. The number of anilines is 1. The third kappa shape index (κ3) is 2.82. The van der Waals surface area contributed by atoms with Crippen LogP contribution >= 0.6 is 0 Å². The summed E-state index contributed by atoms with van der Waals surface area (Å²) in [5.74, 6) is -0.139. The van der Waals surface area contributed by atoms with Crippen LogP contribution in [0.25, 0.3) is 0 Å². The van der Waals surface area contributed by atoms with E-state index in [-0.39, 0.29) is 12.5 Å². The standard InChI is InChI=1S/C14H20N2O2/c1-3-14(2,18)9-16-13(17)11-5-4-10-6-7-15-12(10)8-11/h4-5,8,15,18H,3,6-7,9H2,1-2H3,(H,16,17). The van der Waals surface area contributed by atoms with Gasteiger partial charge in [0.05, 0.1) is 5.60 Å². The highest BCUT2D eigenvalue weighted by atomic mass is 16.3. The molecule has 3 N–H and O–H groups in total. The van der Waals surface area contributed by atoms with Crippen molar-refractivity contribution in [2.75, 3.05) is 18.4 Å². The van der Waals surface area contributed by atoms with E-state index in [9.17, 15) is 9.90 Å². The van der Waals surface area contributed by atoms with Crippen LogP contribution in [0.15, 0.2) is 18.2 Å². The summed E-state index contributed by atoms with van der Waals surface area (Å²) < 4.78 is 0. The fourth-order valence-corrected chi connectivity index (χ4v) is 1.93. The van der Waals surface area contributed by atoms with Gasteiger partial charge in [0.25, 0.3) is 5.91 Å². The number of benzene rings is 1. The maximum atomic E-state index is 12.0. The molecule has 0 aliphatic carbocycles. The lowest BCUT2D eigenvalue weighted by atomic mass is 10.0. The zero-order chi connectivity index (χ0) is 13.2. The summed E-state index contributed by atoms with van der Waals surface area (Å²) in [7, 11) is 0. The predicted octanol–water partition coefficient (Wildman–Crippen LogP) is 1.55. The molecule has 1 aromatic rings. The molecule has 1 heterocycles. The van der Waals surface area contributed by atoms with Crippen LogP contribution in [-0.2, 0) is 6.42 Å². The van der Waals surface area contributed by atoms with Crippen molar-refractivity contribution in [3.05, 3.63) is 29.3 Å². The summed E-state index contributed by atoms with van der Waals surface area (Å²) in [5.41, 5.74) is 2.09. The van der Waals surface area contributed by atoms with Crippen LogP contribution in [0.4, 0.5) is 5.69 Å². The average Bonchev–Trinajstić information content (AvgIpc) is 2.83. The van der Waals surface area contributed by atoms with E-state index in [1.165, 1.54) is 5.56 Å². The zero-order valence-electron chi connectivity index (χ0n) is 10.9. The Labute approximate surface area is 107 Å². The summed E-state index contributed by atoms with van der Waals surface area (Å²) in [6.45, 7) is 4.82. The first-order valence-electron chi connectivity index (χ1n) is 6.39. The minimum atomic E-state index is -0.843. The smallest absolute Gasteiger partial charge is 0.251 e. The molecule has 1 amide bonds. The fraction of sp³-hybridized carbons (Fsp3) is 0.500. The Kier molecular flexibility index (Phi) is 3.57. The SMILES string of the molecule is CCC(C)(O)CNC(=O)c1ccc2c(c1)NCC2. The summed E-state index contributed by atoms with van der Waals surface area (Å²) in [4.78, 5) is 12.0. The number of amides is 1. The topological polar surface area (TPSA) is 61.4 Å². The van der Waals surface area contributed by atoms with Gasteiger partial charge in [-0.3, -0.25) is 4.79 Å². The normalized spacial score (nSPS) is 16.6. The molecule has 0 saturated carbocycles. The molecule has 1 aliphatic rings. The van der Waals surface area contributed by atoms with Gasteiger partial charge in [0.15, 0.2) is 0 Å². The van der Waals surface area contributed by atoms with Crippen LogP contribution in [-0.4, -0.2) is 29.7 Å². The van der Waals surface area contributed by atoms with Crippen LogP contribution in [0.1, 0.15) is 36.2 Å². The summed E-state index contributed by atoms with van der Waals surface area (Å²) in [5, 5.41) is 15.9. The number of fused-ring (bicyclic) bond motifs is 1. The van der Waals surface area contributed by atoms with Gasteiger partial charge in [-0.15, -0.1) is 0 Å². The van der Waals surface area contributed by atoms with Crippen LogP contribution < -0.4 is 10.6 Å². The maximum Gasteiger partial charge on any atom is 0.251 e. The second kappa shape index (κ2) is 4.98. The molecule has 4 nitrogen and oxygen atoms in total. The Hall–Kier alpha value is -1.55. The van der Waals surface area contributed by atoms with Gasteiger partial charge in [0, 0.05) is 24.3 Å². The molecule has 0 aromatic heterocycles. The Bertz CT molecular complexity index is 455. The molecular weight excluding hydrogens is 228 g/mol. The van der Waals surface area contributed by atoms with Crippen molar-refractivity contribution >= 4 is 11.6 Å². The number of hydrogen-bond donors (Lipinski definition) is 3. The summed E-state index contributed by atoms with van der Waals surface area (Å²) in [6.07, 6.45) is 1.63. The summed E-state index contributed by atoms with van der Waals surface area (Å²) >= 11 is 0. The first-order valence-corrected chi connectivity index (χ1v) is 6.39. The highest BCUT2D eigenvalue weighted by Gasteiger charge is 2.19. The second-order valence-electron chi connectivity index (χ2n) is 5.08. The predicted molar refractivity (Wildman–Crippen MR) is 71.9 cm³/mol. The lowest BCUT2D eigenvalue weighted by Gasteiger charge is -2.21. The van der Waals surface area contributed by atoms with E-state index in [2.05, 4.69) is 10.6 Å². The van der Waals surface area contributed by atoms with E-state index in [0.29, 0.717) is 12.0 Å². The highest BCUT2D eigenvalue weighted by Crippen LogP contribution is 2.23. The monoisotopic (exact) mass is 248 g/mol. The zero-order valence-corrected chi connectivity index (χ0v) is 10.9. The van der Waals surface area contributed by atoms with Gasteiger partial charge in [0.1, 0.15) is 0 Å². The van der Waals surface area contributed by atoms with E-state index >= 15 is 0 Å². The molecular formula is C14H20N2O2. The number of aliphatic hydroxyl groups is 1. The van der Waals surface area contributed by atoms with Gasteiger partial charge in [0.2, 0.25) is 0 Å². The molecule has 0 saturated heterocycles. The Morgan fingerprint density at radius 2 is 2.33 bits per heavy atom. The van der Waals surface area contributed by atoms with Crippen LogP contribution in [0.3, 0.4) is 0 Å².